The molecular weight excluding hydrogens is 296 g/mol. The first-order valence-corrected chi connectivity index (χ1v) is 7.87. The van der Waals surface area contributed by atoms with E-state index in [1.807, 2.05) is 25.1 Å². The standard InChI is InChI=1S/C17H24N2O4/c1-12-5-6-15-14(11-12)19(17(21)13(2)23-15)9-7-16(20)18-8-4-10-22-3/h5-6,11,13H,4,7-10H2,1-3H3,(H,18,20)/t13-/m1/s1. The lowest BCUT2D eigenvalue weighted by atomic mass is 10.1. The third-order valence-corrected chi connectivity index (χ3v) is 3.73. The van der Waals surface area contributed by atoms with E-state index in [1.165, 1.54) is 0 Å². The van der Waals surface area contributed by atoms with Gasteiger partial charge in [0.05, 0.1) is 5.69 Å². The van der Waals surface area contributed by atoms with Crippen LogP contribution in [0.25, 0.3) is 0 Å². The molecule has 0 aliphatic carbocycles. The largest absolute Gasteiger partial charge is 0.479 e. The maximum absolute atomic E-state index is 12.4. The lowest BCUT2D eigenvalue weighted by molar-refractivity contribution is -0.125. The van der Waals surface area contributed by atoms with Gasteiger partial charge in [-0.05, 0) is 38.0 Å². The van der Waals surface area contributed by atoms with Crippen LogP contribution in [0.1, 0.15) is 25.3 Å². The fourth-order valence-corrected chi connectivity index (χ4v) is 2.49. The number of nitrogens with zero attached hydrogens (tertiary/aromatic N) is 1. The van der Waals surface area contributed by atoms with E-state index in [1.54, 1.807) is 18.9 Å². The fraction of sp³-hybridized carbons (Fsp3) is 0.529. The van der Waals surface area contributed by atoms with Crippen LogP contribution in [0.3, 0.4) is 0 Å². The van der Waals surface area contributed by atoms with E-state index < -0.39 is 6.10 Å². The molecule has 0 fully saturated rings. The van der Waals surface area contributed by atoms with Crippen molar-refractivity contribution >= 4 is 17.5 Å². The minimum Gasteiger partial charge on any atom is -0.479 e. The lowest BCUT2D eigenvalue weighted by Crippen LogP contribution is -2.45. The van der Waals surface area contributed by atoms with Gasteiger partial charge in [-0.3, -0.25) is 9.59 Å². The molecule has 0 bridgehead atoms. The molecule has 1 aliphatic heterocycles. The third-order valence-electron chi connectivity index (χ3n) is 3.73. The molecule has 1 N–H and O–H groups in total. The number of anilines is 1. The van der Waals surface area contributed by atoms with Gasteiger partial charge in [-0.15, -0.1) is 0 Å². The summed E-state index contributed by atoms with van der Waals surface area (Å²) < 4.78 is 10.6. The number of nitrogens with one attached hydrogen (secondary N) is 1. The van der Waals surface area contributed by atoms with Crippen molar-refractivity contribution in [2.45, 2.75) is 32.8 Å². The number of carbonyl (C=O) groups excluding carboxylic acids is 2. The van der Waals surface area contributed by atoms with Crippen LogP contribution >= 0.6 is 0 Å². The van der Waals surface area contributed by atoms with Gasteiger partial charge in [0.15, 0.2) is 6.10 Å². The Balaban J connectivity index is 1.97. The summed E-state index contributed by atoms with van der Waals surface area (Å²) in [6.07, 6.45) is 0.506. The fourth-order valence-electron chi connectivity index (χ4n) is 2.49. The zero-order valence-electron chi connectivity index (χ0n) is 13.9. The van der Waals surface area contributed by atoms with Crippen LogP contribution in [0, 0.1) is 6.92 Å². The Kier molecular flexibility index (Phi) is 5.98. The summed E-state index contributed by atoms with van der Waals surface area (Å²) in [5, 5.41) is 2.83. The van der Waals surface area contributed by atoms with E-state index in [-0.39, 0.29) is 18.2 Å². The van der Waals surface area contributed by atoms with Gasteiger partial charge < -0.3 is 19.7 Å². The van der Waals surface area contributed by atoms with Crippen LogP contribution in [-0.2, 0) is 14.3 Å². The Morgan fingerprint density at radius 2 is 2.22 bits per heavy atom. The molecule has 1 atom stereocenters. The van der Waals surface area contributed by atoms with Crippen LogP contribution in [0.5, 0.6) is 5.75 Å². The number of ether oxygens (including phenoxy) is 2. The Bertz CT molecular complexity index is 574. The van der Waals surface area contributed by atoms with Crippen molar-refractivity contribution in [2.24, 2.45) is 0 Å². The van der Waals surface area contributed by atoms with Gasteiger partial charge in [-0.25, -0.2) is 0 Å². The molecule has 126 valence electrons. The molecular formula is C17H24N2O4. The molecule has 2 amide bonds. The number of benzene rings is 1. The minimum atomic E-state index is -0.532. The van der Waals surface area contributed by atoms with E-state index in [0.29, 0.717) is 25.4 Å². The van der Waals surface area contributed by atoms with Crippen molar-refractivity contribution in [2.75, 3.05) is 31.7 Å². The number of fused-ring (bicyclic) bond motifs is 1. The molecule has 1 aromatic rings. The molecule has 1 heterocycles. The van der Waals surface area contributed by atoms with Crippen LogP contribution in [-0.4, -0.2) is 44.7 Å². The summed E-state index contributed by atoms with van der Waals surface area (Å²) >= 11 is 0. The van der Waals surface area contributed by atoms with Crippen molar-refractivity contribution < 1.29 is 19.1 Å². The molecule has 0 aromatic heterocycles. The highest BCUT2D eigenvalue weighted by atomic mass is 16.5. The Labute approximate surface area is 136 Å². The monoisotopic (exact) mass is 320 g/mol. The summed E-state index contributed by atoms with van der Waals surface area (Å²) in [5.74, 6) is 0.501. The van der Waals surface area contributed by atoms with E-state index in [9.17, 15) is 9.59 Å². The van der Waals surface area contributed by atoms with Crippen LogP contribution in [0.4, 0.5) is 5.69 Å². The smallest absolute Gasteiger partial charge is 0.267 e. The topological polar surface area (TPSA) is 67.9 Å². The van der Waals surface area contributed by atoms with Gasteiger partial charge in [0.25, 0.3) is 5.91 Å². The average Bonchev–Trinajstić information content (AvgIpc) is 2.53. The Morgan fingerprint density at radius 3 is 2.96 bits per heavy atom. The number of amides is 2. The van der Waals surface area contributed by atoms with E-state index in [2.05, 4.69) is 5.32 Å². The quantitative estimate of drug-likeness (QED) is 0.776. The van der Waals surface area contributed by atoms with Crippen molar-refractivity contribution in [1.29, 1.82) is 0 Å². The van der Waals surface area contributed by atoms with Gasteiger partial charge in [-0.1, -0.05) is 6.07 Å². The molecule has 0 saturated heterocycles. The molecule has 2 rings (SSSR count). The first kappa shape index (κ1) is 17.3. The first-order valence-electron chi connectivity index (χ1n) is 7.87. The summed E-state index contributed by atoms with van der Waals surface area (Å²) in [5.41, 5.74) is 1.78. The van der Waals surface area contributed by atoms with E-state index in [4.69, 9.17) is 9.47 Å². The highest BCUT2D eigenvalue weighted by Crippen LogP contribution is 2.34. The van der Waals surface area contributed by atoms with Crippen molar-refractivity contribution in [3.05, 3.63) is 23.8 Å². The summed E-state index contributed by atoms with van der Waals surface area (Å²) in [7, 11) is 1.63. The van der Waals surface area contributed by atoms with Crippen LogP contribution in [0.15, 0.2) is 18.2 Å². The highest BCUT2D eigenvalue weighted by molar-refractivity contribution is 6.00. The average molecular weight is 320 g/mol. The van der Waals surface area contributed by atoms with Gasteiger partial charge in [0, 0.05) is 33.2 Å². The lowest BCUT2D eigenvalue weighted by Gasteiger charge is -2.33. The van der Waals surface area contributed by atoms with Crippen molar-refractivity contribution in [3.8, 4) is 5.75 Å². The number of hydrogen-bond acceptors (Lipinski definition) is 4. The third kappa shape index (κ3) is 4.45. The normalized spacial score (nSPS) is 16.7. The van der Waals surface area contributed by atoms with Crippen LogP contribution in [0.2, 0.25) is 0 Å². The summed E-state index contributed by atoms with van der Waals surface area (Å²) in [6.45, 7) is 5.23. The highest BCUT2D eigenvalue weighted by Gasteiger charge is 2.31. The SMILES string of the molecule is COCCCNC(=O)CCN1C(=O)[C@@H](C)Oc2ccc(C)cc21. The number of rotatable bonds is 7. The van der Waals surface area contributed by atoms with Crippen LogP contribution < -0.4 is 15.0 Å². The maximum atomic E-state index is 12.4. The second-order valence-corrected chi connectivity index (χ2v) is 5.67. The molecule has 6 heteroatoms. The molecule has 23 heavy (non-hydrogen) atoms. The van der Waals surface area contributed by atoms with Gasteiger partial charge in [-0.2, -0.15) is 0 Å². The summed E-state index contributed by atoms with van der Waals surface area (Å²) in [4.78, 5) is 25.9. The van der Waals surface area contributed by atoms with Crippen molar-refractivity contribution in [3.63, 3.8) is 0 Å². The first-order chi connectivity index (χ1) is 11.0. The molecule has 6 nitrogen and oxygen atoms in total. The zero-order valence-corrected chi connectivity index (χ0v) is 13.9. The second kappa shape index (κ2) is 7.97. The predicted molar refractivity (Wildman–Crippen MR) is 87.7 cm³/mol. The summed E-state index contributed by atoms with van der Waals surface area (Å²) in [6, 6.07) is 5.73. The number of aryl methyl sites for hydroxylation is 1. The maximum Gasteiger partial charge on any atom is 0.267 e. The molecule has 0 saturated carbocycles. The second-order valence-electron chi connectivity index (χ2n) is 5.67. The minimum absolute atomic E-state index is 0.0674. The Morgan fingerprint density at radius 1 is 1.43 bits per heavy atom. The van der Waals surface area contributed by atoms with Crippen molar-refractivity contribution in [1.82, 2.24) is 5.32 Å². The van der Waals surface area contributed by atoms with Gasteiger partial charge in [0.2, 0.25) is 5.91 Å². The predicted octanol–water partition coefficient (Wildman–Crippen LogP) is 1.65. The molecule has 1 aliphatic rings. The van der Waals surface area contributed by atoms with E-state index in [0.717, 1.165) is 17.7 Å². The Hall–Kier alpha value is -2.08. The van der Waals surface area contributed by atoms with E-state index >= 15 is 0 Å². The van der Waals surface area contributed by atoms with Gasteiger partial charge >= 0.3 is 0 Å². The molecule has 0 radical (unpaired) electrons. The van der Waals surface area contributed by atoms with Gasteiger partial charge in [0.1, 0.15) is 5.75 Å². The number of carbonyl (C=O) groups is 2. The number of methoxy groups -OCH3 is 1. The molecule has 0 unspecified atom stereocenters. The zero-order chi connectivity index (χ0) is 16.8. The molecule has 1 aromatic carbocycles. The molecule has 0 spiro atoms. The number of hydrogen-bond donors (Lipinski definition) is 1.